The molecule has 0 aliphatic heterocycles. The van der Waals surface area contributed by atoms with Crippen LogP contribution in [0.15, 0.2) is 60.8 Å². The van der Waals surface area contributed by atoms with Crippen molar-refractivity contribution in [2.24, 2.45) is 0 Å². The summed E-state index contributed by atoms with van der Waals surface area (Å²) in [5.74, 6) is 0. The number of carbonyl (C=O) groups excluding carboxylic acids is 1. The first-order valence-corrected chi connectivity index (χ1v) is 8.65. The van der Waals surface area contributed by atoms with E-state index in [0.717, 1.165) is 10.8 Å². The predicted molar refractivity (Wildman–Crippen MR) is 100 cm³/mol. The maximum Gasteiger partial charge on any atom is 0.420 e. The molecular formula is C21H15F3N2O2. The highest BCUT2D eigenvalue weighted by atomic mass is 19.4. The molecule has 0 N–H and O–H groups in total. The van der Waals surface area contributed by atoms with E-state index in [4.69, 9.17) is 4.74 Å². The minimum Gasteiger partial charge on any atom is -0.449 e. The first-order chi connectivity index (χ1) is 13.4. The van der Waals surface area contributed by atoms with E-state index in [9.17, 15) is 18.0 Å². The second kappa shape index (κ2) is 6.67. The van der Waals surface area contributed by atoms with Gasteiger partial charge >= 0.3 is 12.3 Å². The summed E-state index contributed by atoms with van der Waals surface area (Å²) in [7, 11) is 0. The molecule has 4 aromatic rings. The summed E-state index contributed by atoms with van der Waals surface area (Å²) in [6, 6.07) is 14.7. The van der Waals surface area contributed by atoms with Gasteiger partial charge in [-0.25, -0.2) is 14.3 Å². The maximum absolute atomic E-state index is 14.2. The van der Waals surface area contributed by atoms with E-state index in [-0.39, 0.29) is 23.2 Å². The van der Waals surface area contributed by atoms with Gasteiger partial charge in [-0.05, 0) is 18.6 Å². The highest BCUT2D eigenvalue weighted by molar-refractivity contribution is 6.14. The van der Waals surface area contributed by atoms with Gasteiger partial charge in [0, 0.05) is 22.5 Å². The zero-order valence-corrected chi connectivity index (χ0v) is 14.8. The third-order valence-corrected chi connectivity index (χ3v) is 4.50. The molecule has 2 aromatic heterocycles. The van der Waals surface area contributed by atoms with Crippen molar-refractivity contribution in [1.29, 1.82) is 0 Å². The molecule has 0 bridgehead atoms. The Labute approximate surface area is 158 Å². The van der Waals surface area contributed by atoms with Gasteiger partial charge in [0.1, 0.15) is 0 Å². The molecule has 0 aliphatic rings. The number of benzene rings is 2. The Balaban J connectivity index is 2.18. The second-order valence-corrected chi connectivity index (χ2v) is 6.16. The Bertz CT molecular complexity index is 1180. The lowest BCUT2D eigenvalue weighted by atomic mass is 9.98. The second-order valence-electron chi connectivity index (χ2n) is 6.16. The lowest BCUT2D eigenvalue weighted by Gasteiger charge is -2.14. The number of halogens is 3. The van der Waals surface area contributed by atoms with Crippen molar-refractivity contribution >= 4 is 28.0 Å². The molecule has 0 fully saturated rings. The fraction of sp³-hybridized carbons (Fsp3) is 0.143. The number of nitrogens with zero attached hydrogens (tertiary/aromatic N) is 2. The van der Waals surface area contributed by atoms with Crippen LogP contribution < -0.4 is 0 Å². The van der Waals surface area contributed by atoms with Gasteiger partial charge in [-0.3, -0.25) is 0 Å². The predicted octanol–water partition coefficient (Wildman–Crippen LogP) is 5.88. The Kier molecular flexibility index (Phi) is 4.30. The fourth-order valence-electron chi connectivity index (χ4n) is 3.42. The summed E-state index contributed by atoms with van der Waals surface area (Å²) < 4.78 is 48.7. The Morgan fingerprint density at radius 2 is 1.75 bits per heavy atom. The summed E-state index contributed by atoms with van der Waals surface area (Å²) in [5, 5.41) is 0.181. The normalized spacial score (nSPS) is 11.9. The molecule has 0 radical (unpaired) electrons. The van der Waals surface area contributed by atoms with Crippen LogP contribution in [0.2, 0.25) is 0 Å². The topological polar surface area (TPSA) is 44.1 Å². The molecule has 142 valence electrons. The van der Waals surface area contributed by atoms with Gasteiger partial charge in [0.25, 0.3) is 0 Å². The number of hydrogen-bond acceptors (Lipinski definition) is 3. The number of fused-ring (bicyclic) bond motifs is 3. The van der Waals surface area contributed by atoms with Gasteiger partial charge in [-0.2, -0.15) is 13.2 Å². The summed E-state index contributed by atoms with van der Waals surface area (Å²) in [4.78, 5) is 16.7. The van der Waals surface area contributed by atoms with Gasteiger partial charge in [-0.1, -0.05) is 48.5 Å². The largest absolute Gasteiger partial charge is 0.449 e. The van der Waals surface area contributed by atoms with Crippen LogP contribution in [-0.2, 0) is 10.9 Å². The standard InChI is InChI=1S/C21H15F3N2O2/c1-2-28-20(27)26-16-11-7-6-10-14(16)17-18(21(22,23)24)15(12-25-19(17)26)13-8-4-3-5-9-13/h3-12H,2H2,1H3. The van der Waals surface area contributed by atoms with Crippen LogP contribution in [0.4, 0.5) is 18.0 Å². The van der Waals surface area contributed by atoms with E-state index in [2.05, 4.69) is 4.98 Å². The summed E-state index contributed by atoms with van der Waals surface area (Å²) >= 11 is 0. The lowest BCUT2D eigenvalue weighted by Crippen LogP contribution is -2.14. The Morgan fingerprint density at radius 1 is 1.07 bits per heavy atom. The molecule has 4 nitrogen and oxygen atoms in total. The van der Waals surface area contributed by atoms with E-state index in [1.165, 1.54) is 0 Å². The van der Waals surface area contributed by atoms with Crippen molar-refractivity contribution < 1.29 is 22.7 Å². The van der Waals surface area contributed by atoms with Crippen LogP contribution >= 0.6 is 0 Å². The highest BCUT2D eigenvalue weighted by Gasteiger charge is 2.38. The van der Waals surface area contributed by atoms with Gasteiger partial charge in [0.05, 0.1) is 17.7 Å². The Morgan fingerprint density at radius 3 is 2.43 bits per heavy atom. The van der Waals surface area contributed by atoms with Gasteiger partial charge in [0.2, 0.25) is 0 Å². The third-order valence-electron chi connectivity index (χ3n) is 4.50. The lowest BCUT2D eigenvalue weighted by molar-refractivity contribution is -0.135. The van der Waals surface area contributed by atoms with Crippen LogP contribution in [0.1, 0.15) is 12.5 Å². The van der Waals surface area contributed by atoms with Crippen LogP contribution in [0.25, 0.3) is 33.1 Å². The van der Waals surface area contributed by atoms with E-state index < -0.39 is 17.8 Å². The molecule has 0 amide bonds. The zero-order chi connectivity index (χ0) is 19.9. The van der Waals surface area contributed by atoms with E-state index >= 15 is 0 Å². The molecule has 2 aromatic carbocycles. The van der Waals surface area contributed by atoms with E-state index in [1.807, 2.05) is 0 Å². The number of pyridine rings is 1. The van der Waals surface area contributed by atoms with E-state index in [1.54, 1.807) is 61.5 Å². The molecule has 0 saturated carbocycles. The van der Waals surface area contributed by atoms with Crippen LogP contribution in [0.3, 0.4) is 0 Å². The molecule has 0 spiro atoms. The smallest absolute Gasteiger partial charge is 0.420 e. The number of alkyl halides is 3. The van der Waals surface area contributed by atoms with Gasteiger partial charge in [0.15, 0.2) is 5.65 Å². The molecule has 0 atom stereocenters. The fourth-order valence-corrected chi connectivity index (χ4v) is 3.42. The molecule has 7 heteroatoms. The number of carbonyl (C=O) groups is 1. The van der Waals surface area contributed by atoms with Gasteiger partial charge < -0.3 is 4.74 Å². The minimum atomic E-state index is -4.64. The number of ether oxygens (including phenoxy) is 1. The van der Waals surface area contributed by atoms with Crippen molar-refractivity contribution in [2.75, 3.05) is 6.61 Å². The zero-order valence-electron chi connectivity index (χ0n) is 14.8. The molecule has 0 unspecified atom stereocenters. The molecular weight excluding hydrogens is 369 g/mol. The maximum atomic E-state index is 14.2. The van der Waals surface area contributed by atoms with Crippen molar-refractivity contribution in [1.82, 2.24) is 9.55 Å². The molecule has 4 rings (SSSR count). The molecule has 0 saturated heterocycles. The number of para-hydroxylation sites is 1. The van der Waals surface area contributed by atoms with Crippen LogP contribution in [0.5, 0.6) is 0 Å². The van der Waals surface area contributed by atoms with Crippen LogP contribution in [0, 0.1) is 0 Å². The first kappa shape index (κ1) is 18.0. The number of aromatic nitrogens is 2. The SMILES string of the molecule is CCOC(=O)n1c2ccccc2c2c(C(F)(F)F)c(-c3ccccc3)cnc21. The average Bonchev–Trinajstić information content (AvgIpc) is 3.02. The first-order valence-electron chi connectivity index (χ1n) is 8.65. The third kappa shape index (κ3) is 2.79. The summed E-state index contributed by atoms with van der Waals surface area (Å²) in [6.07, 6.45) is -4.24. The minimum absolute atomic E-state index is 0.0349. The van der Waals surface area contributed by atoms with Crippen molar-refractivity contribution in [3.8, 4) is 11.1 Å². The van der Waals surface area contributed by atoms with Crippen molar-refractivity contribution in [3.63, 3.8) is 0 Å². The van der Waals surface area contributed by atoms with Crippen molar-refractivity contribution in [3.05, 3.63) is 66.4 Å². The number of hydrogen-bond donors (Lipinski definition) is 0. The highest BCUT2D eigenvalue weighted by Crippen LogP contribution is 2.44. The molecule has 28 heavy (non-hydrogen) atoms. The molecule has 0 aliphatic carbocycles. The van der Waals surface area contributed by atoms with Gasteiger partial charge in [-0.15, -0.1) is 0 Å². The summed E-state index contributed by atoms with van der Waals surface area (Å²) in [5.41, 5.74) is -0.210. The van der Waals surface area contributed by atoms with Crippen LogP contribution in [-0.4, -0.2) is 22.3 Å². The Hall–Kier alpha value is -3.35. The summed E-state index contributed by atoms with van der Waals surface area (Å²) in [6.45, 7) is 1.73. The van der Waals surface area contributed by atoms with E-state index in [0.29, 0.717) is 16.5 Å². The average molecular weight is 384 g/mol. The quantitative estimate of drug-likeness (QED) is 0.433. The monoisotopic (exact) mass is 384 g/mol. The number of rotatable bonds is 2. The van der Waals surface area contributed by atoms with Crippen molar-refractivity contribution in [2.45, 2.75) is 13.1 Å². The molecule has 2 heterocycles.